The third-order valence-corrected chi connectivity index (χ3v) is 6.41. The summed E-state index contributed by atoms with van der Waals surface area (Å²) in [5.74, 6) is 4.41. The van der Waals surface area contributed by atoms with Crippen molar-refractivity contribution in [3.8, 4) is 0 Å². The van der Waals surface area contributed by atoms with E-state index in [2.05, 4.69) is 10.3 Å². The minimum Gasteiger partial charge on any atom is -1.00 e. The predicted molar refractivity (Wildman–Crippen MR) is 77.9 cm³/mol. The second-order valence-corrected chi connectivity index (χ2v) is 7.50. The number of halogens is 1. The zero-order valence-electron chi connectivity index (χ0n) is 12.5. The van der Waals surface area contributed by atoms with Crippen LogP contribution in [-0.2, 0) is 0 Å². The Kier molecular flexibility index (Phi) is 4.74. The second kappa shape index (κ2) is 6.37. The molecule has 0 spiro atoms. The van der Waals surface area contributed by atoms with Crippen LogP contribution in [0.5, 0.6) is 0 Å². The van der Waals surface area contributed by atoms with Gasteiger partial charge in [0.05, 0.1) is 18.0 Å². The Morgan fingerprint density at radius 2 is 1.55 bits per heavy atom. The van der Waals surface area contributed by atoms with Crippen molar-refractivity contribution < 1.29 is 22.0 Å². The molecule has 114 valence electrons. The Morgan fingerprint density at radius 3 is 2.20 bits per heavy atom. The van der Waals surface area contributed by atoms with E-state index in [0.29, 0.717) is 0 Å². The minimum atomic E-state index is 0. The first kappa shape index (κ1) is 14.9. The molecule has 0 aromatic heterocycles. The van der Waals surface area contributed by atoms with Crippen LogP contribution in [0.1, 0.15) is 70.6 Å². The monoisotopic (exact) mass is 340 g/mol. The van der Waals surface area contributed by atoms with E-state index in [9.17, 15) is 0 Å². The first-order valence-corrected chi connectivity index (χ1v) is 8.80. The Bertz CT molecular complexity index is 354. The maximum atomic E-state index is 3.98. The van der Waals surface area contributed by atoms with E-state index in [1.54, 1.807) is 0 Å². The number of hydrogen-bond donors (Lipinski definition) is 2. The maximum Gasteiger partial charge on any atom is 0.246 e. The Morgan fingerprint density at radius 1 is 0.800 bits per heavy atom. The maximum absolute atomic E-state index is 3.98. The van der Waals surface area contributed by atoms with Crippen molar-refractivity contribution in [1.82, 2.24) is 5.32 Å². The predicted octanol–water partition coefficient (Wildman–Crippen LogP) is -1.01. The number of rotatable bonds is 2. The van der Waals surface area contributed by atoms with Gasteiger partial charge in [-0.1, -0.05) is 25.7 Å². The molecule has 2 heterocycles. The van der Waals surface area contributed by atoms with Gasteiger partial charge in [-0.15, -0.1) is 0 Å². The lowest BCUT2D eigenvalue weighted by atomic mass is 9.81. The summed E-state index contributed by atoms with van der Waals surface area (Å²) in [6.07, 6.45) is 16.1. The molecule has 2 atom stereocenters. The molecule has 0 unspecified atom stereocenters. The third kappa shape index (κ3) is 2.80. The third-order valence-electron chi connectivity index (χ3n) is 6.41. The van der Waals surface area contributed by atoms with Crippen molar-refractivity contribution in [3.05, 3.63) is 0 Å². The van der Waals surface area contributed by atoms with Crippen molar-refractivity contribution in [2.24, 2.45) is 17.8 Å². The van der Waals surface area contributed by atoms with Crippen molar-refractivity contribution in [1.29, 1.82) is 0 Å². The van der Waals surface area contributed by atoms with Gasteiger partial charge in [0.15, 0.2) is 0 Å². The molecule has 3 fully saturated rings. The SMILES string of the molecule is C1CCC([C@H]2CCC[C@H]2NC2=[NH+]C3CCC2CC3)C1.[Br-]. The van der Waals surface area contributed by atoms with E-state index in [1.807, 2.05) is 0 Å². The molecule has 20 heavy (non-hydrogen) atoms. The molecule has 0 saturated heterocycles. The van der Waals surface area contributed by atoms with Gasteiger partial charge >= 0.3 is 0 Å². The summed E-state index contributed by atoms with van der Waals surface area (Å²) >= 11 is 0. The first-order chi connectivity index (χ1) is 9.40. The summed E-state index contributed by atoms with van der Waals surface area (Å²) in [7, 11) is 0. The molecule has 2 bridgehead atoms. The second-order valence-electron chi connectivity index (χ2n) is 7.50. The zero-order chi connectivity index (χ0) is 12.7. The van der Waals surface area contributed by atoms with Crippen LogP contribution in [0.3, 0.4) is 0 Å². The van der Waals surface area contributed by atoms with Crippen LogP contribution in [0.25, 0.3) is 0 Å². The normalized spacial score (nSPS) is 40.5. The fraction of sp³-hybridized carbons (Fsp3) is 0.941. The van der Waals surface area contributed by atoms with Gasteiger partial charge in [-0.05, 0) is 50.9 Å². The number of nitrogens with one attached hydrogen (secondary N) is 2. The number of fused-ring (bicyclic) bond motifs is 2. The molecular formula is C17H29BrN2. The van der Waals surface area contributed by atoms with Gasteiger partial charge in [-0.2, -0.15) is 0 Å². The molecule has 0 amide bonds. The lowest BCUT2D eigenvalue weighted by Gasteiger charge is -2.33. The van der Waals surface area contributed by atoms with Crippen molar-refractivity contribution in [2.45, 2.75) is 82.7 Å². The van der Waals surface area contributed by atoms with Crippen LogP contribution in [-0.4, -0.2) is 17.9 Å². The molecule has 2 N–H and O–H groups in total. The quantitative estimate of drug-likeness (QED) is 0.662. The molecule has 0 radical (unpaired) electrons. The van der Waals surface area contributed by atoms with Crippen molar-refractivity contribution in [2.75, 3.05) is 0 Å². The fourth-order valence-electron chi connectivity index (χ4n) is 5.34. The smallest absolute Gasteiger partial charge is 0.246 e. The molecule has 5 rings (SSSR count). The highest BCUT2D eigenvalue weighted by atomic mass is 79.9. The van der Waals surface area contributed by atoms with Crippen molar-refractivity contribution >= 4 is 5.84 Å². The van der Waals surface area contributed by atoms with Crippen LogP contribution >= 0.6 is 0 Å². The van der Waals surface area contributed by atoms with Gasteiger partial charge in [0.2, 0.25) is 5.84 Å². The zero-order valence-corrected chi connectivity index (χ0v) is 14.1. The van der Waals surface area contributed by atoms with E-state index in [1.165, 1.54) is 76.5 Å². The van der Waals surface area contributed by atoms with Crippen LogP contribution in [0.2, 0.25) is 0 Å². The van der Waals surface area contributed by atoms with Gasteiger partial charge in [0.1, 0.15) is 0 Å². The van der Waals surface area contributed by atoms with Crippen LogP contribution in [0, 0.1) is 17.8 Å². The highest BCUT2D eigenvalue weighted by Crippen LogP contribution is 2.40. The highest BCUT2D eigenvalue weighted by molar-refractivity contribution is 5.80. The van der Waals surface area contributed by atoms with Crippen molar-refractivity contribution in [3.63, 3.8) is 0 Å². The van der Waals surface area contributed by atoms with Crippen LogP contribution in [0.4, 0.5) is 0 Å². The lowest BCUT2D eigenvalue weighted by Crippen LogP contribution is -3.00. The molecule has 2 aliphatic heterocycles. The number of amidine groups is 1. The molecular weight excluding hydrogens is 312 g/mol. The van der Waals surface area contributed by atoms with Gasteiger partial charge in [-0.3, -0.25) is 10.3 Å². The van der Waals surface area contributed by atoms with E-state index in [4.69, 9.17) is 0 Å². The summed E-state index contributed by atoms with van der Waals surface area (Å²) in [6.45, 7) is 0. The minimum absolute atomic E-state index is 0. The average Bonchev–Trinajstić information content (AvgIpc) is 3.10. The average molecular weight is 341 g/mol. The van der Waals surface area contributed by atoms with E-state index in [0.717, 1.165) is 29.8 Å². The molecule has 0 aromatic carbocycles. The van der Waals surface area contributed by atoms with E-state index >= 15 is 0 Å². The molecule has 0 aromatic rings. The van der Waals surface area contributed by atoms with Crippen LogP contribution < -0.4 is 27.3 Å². The standard InChI is InChI=1S/C17H28N2.BrH/c1-2-5-12(4-1)15-6-3-7-16(15)19-17-13-8-10-14(18-17)11-9-13;/h12-16H,1-11H2,(H,18,19);1H/t13?,14?,15-,16-;/m1./s1. The summed E-state index contributed by atoms with van der Waals surface area (Å²) in [5, 5.41) is 3.98. The Balaban J connectivity index is 0.00000121. The van der Waals surface area contributed by atoms with E-state index in [-0.39, 0.29) is 17.0 Å². The van der Waals surface area contributed by atoms with Crippen LogP contribution in [0.15, 0.2) is 0 Å². The van der Waals surface area contributed by atoms with Gasteiger partial charge in [-0.25, -0.2) is 0 Å². The summed E-state index contributed by atoms with van der Waals surface area (Å²) in [6, 6.07) is 1.59. The molecule has 3 aliphatic carbocycles. The molecule has 5 aliphatic rings. The van der Waals surface area contributed by atoms with E-state index < -0.39 is 0 Å². The van der Waals surface area contributed by atoms with Gasteiger partial charge in [0.25, 0.3) is 0 Å². The summed E-state index contributed by atoms with van der Waals surface area (Å²) in [5.41, 5.74) is 0. The molecule has 3 heteroatoms. The summed E-state index contributed by atoms with van der Waals surface area (Å²) in [4.78, 5) is 3.80. The first-order valence-electron chi connectivity index (χ1n) is 8.80. The highest BCUT2D eigenvalue weighted by Gasteiger charge is 2.41. The van der Waals surface area contributed by atoms with Gasteiger partial charge in [0, 0.05) is 5.92 Å². The molecule has 3 saturated carbocycles. The Hall–Kier alpha value is -0.0500. The fourth-order valence-corrected chi connectivity index (χ4v) is 5.34. The number of hydrogen-bond acceptors (Lipinski definition) is 1. The topological polar surface area (TPSA) is 26.0 Å². The Labute approximate surface area is 134 Å². The van der Waals surface area contributed by atoms with Gasteiger partial charge < -0.3 is 17.0 Å². The lowest BCUT2D eigenvalue weighted by molar-refractivity contribution is -0.523. The largest absolute Gasteiger partial charge is 1.00 e. The molecule has 2 nitrogen and oxygen atoms in total. The summed E-state index contributed by atoms with van der Waals surface area (Å²) < 4.78 is 0.